The fourth-order valence-corrected chi connectivity index (χ4v) is 8.31. The van der Waals surface area contributed by atoms with E-state index < -0.39 is 0 Å². The summed E-state index contributed by atoms with van der Waals surface area (Å²) in [5.41, 5.74) is 15.0. The highest BCUT2D eigenvalue weighted by Gasteiger charge is 2.36. The van der Waals surface area contributed by atoms with Crippen molar-refractivity contribution in [3.8, 4) is 33.4 Å². The zero-order valence-electron chi connectivity index (χ0n) is 28.6. The van der Waals surface area contributed by atoms with E-state index in [0.29, 0.717) is 0 Å². The molecule has 242 valence electrons. The zero-order valence-corrected chi connectivity index (χ0v) is 28.6. The number of nitrogens with zero attached hydrogens (tertiary/aromatic N) is 1. The molecule has 1 aliphatic rings. The van der Waals surface area contributed by atoms with Crippen LogP contribution in [0.25, 0.3) is 66.1 Å². The molecular formula is C49H35NO. The number of rotatable bonds is 5. The van der Waals surface area contributed by atoms with Gasteiger partial charge in [-0.25, -0.2) is 0 Å². The molecule has 1 aliphatic carbocycles. The number of hydrogen-bond acceptors (Lipinski definition) is 2. The maximum absolute atomic E-state index is 6.59. The van der Waals surface area contributed by atoms with Crippen LogP contribution in [0.3, 0.4) is 0 Å². The van der Waals surface area contributed by atoms with E-state index in [2.05, 4.69) is 189 Å². The molecular weight excluding hydrogens is 619 g/mol. The first kappa shape index (κ1) is 29.5. The molecule has 8 aromatic carbocycles. The molecule has 2 nitrogen and oxygen atoms in total. The summed E-state index contributed by atoms with van der Waals surface area (Å²) in [5.74, 6) is 0. The molecule has 0 saturated heterocycles. The van der Waals surface area contributed by atoms with Gasteiger partial charge in [0.05, 0.1) is 5.69 Å². The molecule has 0 N–H and O–H groups in total. The molecule has 0 saturated carbocycles. The van der Waals surface area contributed by atoms with Crippen molar-refractivity contribution in [2.24, 2.45) is 0 Å². The summed E-state index contributed by atoms with van der Waals surface area (Å²) in [6, 6.07) is 63.7. The summed E-state index contributed by atoms with van der Waals surface area (Å²) in [6.07, 6.45) is 0. The SMILES string of the molecule is CC1(C)c2ccccc2-c2ccc(N(c3ccc(-c4ccccc4)cc3)c3cc4oc5ccccc5c4cc3-c3cccc4ccccc34)cc21. The third kappa shape index (κ3) is 4.64. The summed E-state index contributed by atoms with van der Waals surface area (Å²) >= 11 is 0. The average Bonchev–Trinajstić information content (AvgIpc) is 3.66. The van der Waals surface area contributed by atoms with Crippen LogP contribution in [0, 0.1) is 0 Å². The summed E-state index contributed by atoms with van der Waals surface area (Å²) in [4.78, 5) is 2.43. The van der Waals surface area contributed by atoms with E-state index >= 15 is 0 Å². The van der Waals surface area contributed by atoms with Crippen molar-refractivity contribution in [2.75, 3.05) is 4.90 Å². The smallest absolute Gasteiger partial charge is 0.137 e. The topological polar surface area (TPSA) is 16.4 Å². The van der Waals surface area contributed by atoms with Gasteiger partial charge in [-0.15, -0.1) is 0 Å². The Kier molecular flexibility index (Phi) is 6.56. The molecule has 0 spiro atoms. The molecule has 1 aromatic heterocycles. The van der Waals surface area contributed by atoms with Crippen molar-refractivity contribution in [1.29, 1.82) is 0 Å². The van der Waals surface area contributed by atoms with Crippen molar-refractivity contribution in [1.82, 2.24) is 0 Å². The molecule has 0 bridgehead atoms. The van der Waals surface area contributed by atoms with E-state index in [1.807, 2.05) is 6.07 Å². The van der Waals surface area contributed by atoms with Gasteiger partial charge in [0, 0.05) is 39.2 Å². The van der Waals surface area contributed by atoms with Gasteiger partial charge >= 0.3 is 0 Å². The van der Waals surface area contributed by atoms with Crippen molar-refractivity contribution in [2.45, 2.75) is 19.3 Å². The predicted octanol–water partition coefficient (Wildman–Crippen LogP) is 13.8. The minimum Gasteiger partial charge on any atom is -0.456 e. The highest BCUT2D eigenvalue weighted by Crippen LogP contribution is 2.52. The Morgan fingerprint density at radius 3 is 1.92 bits per heavy atom. The lowest BCUT2D eigenvalue weighted by Crippen LogP contribution is -2.17. The first-order valence-corrected chi connectivity index (χ1v) is 17.7. The van der Waals surface area contributed by atoms with Crippen LogP contribution in [0.4, 0.5) is 17.1 Å². The van der Waals surface area contributed by atoms with Gasteiger partial charge < -0.3 is 9.32 Å². The summed E-state index contributed by atoms with van der Waals surface area (Å²) in [5, 5.41) is 4.67. The monoisotopic (exact) mass is 653 g/mol. The molecule has 0 aliphatic heterocycles. The van der Waals surface area contributed by atoms with Crippen molar-refractivity contribution >= 4 is 49.8 Å². The van der Waals surface area contributed by atoms with Crippen LogP contribution in [0.1, 0.15) is 25.0 Å². The maximum Gasteiger partial charge on any atom is 0.137 e. The Balaban J connectivity index is 1.26. The van der Waals surface area contributed by atoms with Gasteiger partial charge in [-0.05, 0) is 86.1 Å². The second-order valence-corrected chi connectivity index (χ2v) is 14.1. The molecule has 0 unspecified atom stereocenters. The molecule has 0 amide bonds. The van der Waals surface area contributed by atoms with Crippen LogP contribution in [0.2, 0.25) is 0 Å². The first-order valence-electron chi connectivity index (χ1n) is 17.7. The largest absolute Gasteiger partial charge is 0.456 e. The van der Waals surface area contributed by atoms with Crippen molar-refractivity contribution in [3.05, 3.63) is 187 Å². The Labute approximate surface area is 297 Å². The minimum absolute atomic E-state index is 0.133. The average molecular weight is 654 g/mol. The van der Waals surface area contributed by atoms with Crippen LogP contribution < -0.4 is 4.90 Å². The van der Waals surface area contributed by atoms with Gasteiger partial charge in [-0.2, -0.15) is 0 Å². The third-order valence-corrected chi connectivity index (χ3v) is 10.9. The predicted molar refractivity (Wildman–Crippen MR) is 214 cm³/mol. The second kappa shape index (κ2) is 11.3. The van der Waals surface area contributed by atoms with Crippen LogP contribution in [-0.2, 0) is 5.41 Å². The number of furan rings is 1. The number of para-hydroxylation sites is 1. The van der Waals surface area contributed by atoms with Gasteiger partial charge in [0.25, 0.3) is 0 Å². The standard InChI is InChI=1S/C49H35NO/c1-49(2)44-21-10-8-18-39(44)40-28-27-36(29-45(40)49)50(35-25-23-33(24-26-35)32-13-4-3-5-14-32)46-31-48-43(41-19-9-11-22-47(41)51-48)30-42(46)38-20-12-16-34-15-6-7-17-37(34)38/h3-31H,1-2H3. The molecule has 9 aromatic rings. The Bertz CT molecular complexity index is 2770. The highest BCUT2D eigenvalue weighted by atomic mass is 16.3. The van der Waals surface area contributed by atoms with E-state index in [-0.39, 0.29) is 5.41 Å². The van der Waals surface area contributed by atoms with Gasteiger partial charge in [-0.1, -0.05) is 147 Å². The van der Waals surface area contributed by atoms with Gasteiger partial charge in [-0.3, -0.25) is 0 Å². The number of hydrogen-bond donors (Lipinski definition) is 0. The van der Waals surface area contributed by atoms with Crippen LogP contribution >= 0.6 is 0 Å². The molecule has 51 heavy (non-hydrogen) atoms. The van der Waals surface area contributed by atoms with E-state index in [4.69, 9.17) is 4.42 Å². The summed E-state index contributed by atoms with van der Waals surface area (Å²) in [7, 11) is 0. The van der Waals surface area contributed by atoms with Crippen LogP contribution in [0.5, 0.6) is 0 Å². The van der Waals surface area contributed by atoms with Crippen molar-refractivity contribution < 1.29 is 4.42 Å². The van der Waals surface area contributed by atoms with Gasteiger partial charge in [0.1, 0.15) is 11.2 Å². The molecule has 0 radical (unpaired) electrons. The fourth-order valence-electron chi connectivity index (χ4n) is 8.31. The van der Waals surface area contributed by atoms with Crippen molar-refractivity contribution in [3.63, 3.8) is 0 Å². The Morgan fingerprint density at radius 1 is 0.412 bits per heavy atom. The lowest BCUT2D eigenvalue weighted by molar-refractivity contribution is 0.660. The molecule has 2 heteroatoms. The van der Waals surface area contributed by atoms with Gasteiger partial charge in [0.15, 0.2) is 0 Å². The van der Waals surface area contributed by atoms with E-state index in [1.165, 1.54) is 49.7 Å². The summed E-state index contributed by atoms with van der Waals surface area (Å²) < 4.78 is 6.59. The second-order valence-electron chi connectivity index (χ2n) is 14.1. The van der Waals surface area contributed by atoms with E-state index in [9.17, 15) is 0 Å². The Hall–Kier alpha value is -6.38. The quantitative estimate of drug-likeness (QED) is 0.184. The molecule has 10 rings (SSSR count). The van der Waals surface area contributed by atoms with E-state index in [0.717, 1.165) is 44.6 Å². The van der Waals surface area contributed by atoms with Crippen LogP contribution in [0.15, 0.2) is 180 Å². The zero-order chi connectivity index (χ0) is 34.1. The maximum atomic E-state index is 6.59. The summed E-state index contributed by atoms with van der Waals surface area (Å²) in [6.45, 7) is 4.70. The van der Waals surface area contributed by atoms with E-state index in [1.54, 1.807) is 0 Å². The molecule has 0 fully saturated rings. The minimum atomic E-state index is -0.133. The molecule has 0 atom stereocenters. The Morgan fingerprint density at radius 2 is 1.06 bits per heavy atom. The number of anilines is 3. The molecule has 1 heterocycles. The lowest BCUT2D eigenvalue weighted by atomic mass is 9.82. The third-order valence-electron chi connectivity index (χ3n) is 10.9. The van der Waals surface area contributed by atoms with Gasteiger partial charge in [0.2, 0.25) is 0 Å². The first-order chi connectivity index (χ1) is 25.0. The van der Waals surface area contributed by atoms with Crippen LogP contribution in [-0.4, -0.2) is 0 Å². The number of benzene rings is 8. The number of fused-ring (bicyclic) bond motifs is 7. The lowest BCUT2D eigenvalue weighted by Gasteiger charge is -2.30. The highest BCUT2D eigenvalue weighted by molar-refractivity contribution is 6.11. The normalized spacial score (nSPS) is 13.1. The fraction of sp³-hybridized carbons (Fsp3) is 0.0612.